The van der Waals surface area contributed by atoms with Crippen molar-refractivity contribution < 1.29 is 0 Å². The predicted octanol–water partition coefficient (Wildman–Crippen LogP) is 4.78. The summed E-state index contributed by atoms with van der Waals surface area (Å²) in [5.41, 5.74) is 3.55. The number of aromatic nitrogens is 1. The summed E-state index contributed by atoms with van der Waals surface area (Å²) in [6.45, 7) is 2.10. The van der Waals surface area contributed by atoms with E-state index in [0.717, 1.165) is 10.5 Å². The van der Waals surface area contributed by atoms with Crippen LogP contribution in [0.5, 0.6) is 0 Å². The lowest BCUT2D eigenvalue weighted by Gasteiger charge is -1.89. The van der Waals surface area contributed by atoms with E-state index in [9.17, 15) is 0 Å². The second kappa shape index (κ2) is 4.75. The molecule has 0 N–H and O–H groups in total. The van der Waals surface area contributed by atoms with Crippen LogP contribution in [0.3, 0.4) is 0 Å². The van der Waals surface area contributed by atoms with E-state index in [2.05, 4.69) is 54.4 Å². The van der Waals surface area contributed by atoms with Crippen molar-refractivity contribution in [3.05, 3.63) is 64.7 Å². The van der Waals surface area contributed by atoms with Crippen LogP contribution in [-0.4, -0.2) is 4.98 Å². The average Bonchev–Trinajstić information content (AvgIpc) is 2.79. The van der Waals surface area contributed by atoms with Crippen molar-refractivity contribution in [1.82, 2.24) is 4.98 Å². The molecule has 88 valence electrons. The fraction of sp³-hybridized carbons (Fsp3) is 0.0625. The number of benzene rings is 2. The quantitative estimate of drug-likeness (QED) is 0.639. The van der Waals surface area contributed by atoms with Crippen molar-refractivity contribution in [2.24, 2.45) is 0 Å². The van der Waals surface area contributed by atoms with Gasteiger partial charge in [0.15, 0.2) is 0 Å². The SMILES string of the molecule is Cc1ccc2sc(/C=C/c3ccccc3)nc2c1. The maximum absolute atomic E-state index is 4.62. The number of thiazole rings is 1. The number of nitrogens with zero attached hydrogens (tertiary/aromatic N) is 1. The summed E-state index contributed by atoms with van der Waals surface area (Å²) < 4.78 is 1.24. The van der Waals surface area contributed by atoms with Crippen molar-refractivity contribution in [2.45, 2.75) is 6.92 Å². The van der Waals surface area contributed by atoms with Crippen LogP contribution in [0.2, 0.25) is 0 Å². The third-order valence-electron chi connectivity index (χ3n) is 2.78. The Labute approximate surface area is 110 Å². The molecule has 0 radical (unpaired) electrons. The summed E-state index contributed by atoms with van der Waals surface area (Å²) >= 11 is 1.73. The Morgan fingerprint density at radius 3 is 2.67 bits per heavy atom. The first-order valence-electron chi connectivity index (χ1n) is 5.91. The highest BCUT2D eigenvalue weighted by atomic mass is 32.1. The molecule has 0 aliphatic rings. The van der Waals surface area contributed by atoms with Gasteiger partial charge in [-0.1, -0.05) is 42.5 Å². The Morgan fingerprint density at radius 1 is 1.00 bits per heavy atom. The summed E-state index contributed by atoms with van der Waals surface area (Å²) in [6.07, 6.45) is 4.18. The molecular formula is C16H13NS. The van der Waals surface area contributed by atoms with Crippen molar-refractivity contribution >= 4 is 33.7 Å². The van der Waals surface area contributed by atoms with Gasteiger partial charge in [0, 0.05) is 0 Å². The maximum Gasteiger partial charge on any atom is 0.117 e. The fourth-order valence-corrected chi connectivity index (χ4v) is 2.71. The molecule has 0 amide bonds. The van der Waals surface area contributed by atoms with Gasteiger partial charge in [-0.15, -0.1) is 11.3 Å². The summed E-state index contributed by atoms with van der Waals surface area (Å²) in [5, 5.41) is 1.06. The molecule has 0 bridgehead atoms. The molecule has 0 saturated heterocycles. The molecule has 0 unspecified atom stereocenters. The molecule has 1 aromatic heterocycles. The minimum Gasteiger partial charge on any atom is -0.237 e. The zero-order valence-electron chi connectivity index (χ0n) is 10.1. The molecule has 0 atom stereocenters. The smallest absolute Gasteiger partial charge is 0.117 e. The molecule has 1 nitrogen and oxygen atoms in total. The highest BCUT2D eigenvalue weighted by Gasteiger charge is 2.00. The van der Waals surface area contributed by atoms with Gasteiger partial charge in [0.05, 0.1) is 10.2 Å². The van der Waals surface area contributed by atoms with Gasteiger partial charge in [0.1, 0.15) is 5.01 Å². The van der Waals surface area contributed by atoms with E-state index < -0.39 is 0 Å². The van der Waals surface area contributed by atoms with Crippen molar-refractivity contribution in [1.29, 1.82) is 0 Å². The van der Waals surface area contributed by atoms with Gasteiger partial charge in [0.2, 0.25) is 0 Å². The minimum absolute atomic E-state index is 1.06. The molecule has 1 heterocycles. The van der Waals surface area contributed by atoms with Gasteiger partial charge in [-0.2, -0.15) is 0 Å². The van der Waals surface area contributed by atoms with Crippen molar-refractivity contribution in [3.63, 3.8) is 0 Å². The Kier molecular flexibility index (Phi) is 2.95. The van der Waals surface area contributed by atoms with Gasteiger partial charge in [-0.3, -0.25) is 0 Å². The third kappa shape index (κ3) is 2.34. The van der Waals surface area contributed by atoms with E-state index in [0.29, 0.717) is 0 Å². The Morgan fingerprint density at radius 2 is 1.83 bits per heavy atom. The average molecular weight is 251 g/mol. The Bertz CT molecular complexity index is 695. The zero-order chi connectivity index (χ0) is 12.4. The van der Waals surface area contributed by atoms with Crippen LogP contribution >= 0.6 is 11.3 Å². The molecular weight excluding hydrogens is 238 g/mol. The van der Waals surface area contributed by atoms with Gasteiger partial charge in [0.25, 0.3) is 0 Å². The van der Waals surface area contributed by atoms with Gasteiger partial charge >= 0.3 is 0 Å². The van der Waals surface area contributed by atoms with Crippen molar-refractivity contribution in [2.75, 3.05) is 0 Å². The van der Waals surface area contributed by atoms with Crippen LogP contribution in [0, 0.1) is 6.92 Å². The van der Waals surface area contributed by atoms with E-state index in [-0.39, 0.29) is 0 Å². The molecule has 0 spiro atoms. The van der Waals surface area contributed by atoms with Crippen LogP contribution in [0.15, 0.2) is 48.5 Å². The molecule has 0 aliphatic carbocycles. The van der Waals surface area contributed by atoms with E-state index in [4.69, 9.17) is 0 Å². The van der Waals surface area contributed by atoms with Crippen LogP contribution in [-0.2, 0) is 0 Å². The van der Waals surface area contributed by atoms with E-state index >= 15 is 0 Å². The molecule has 0 fully saturated rings. The summed E-state index contributed by atoms with van der Waals surface area (Å²) in [5.74, 6) is 0. The largest absolute Gasteiger partial charge is 0.237 e. The molecule has 0 aliphatic heterocycles. The normalized spacial score (nSPS) is 11.4. The number of aryl methyl sites for hydroxylation is 1. The lowest BCUT2D eigenvalue weighted by Crippen LogP contribution is -1.72. The lowest BCUT2D eigenvalue weighted by atomic mass is 10.2. The lowest BCUT2D eigenvalue weighted by molar-refractivity contribution is 1.43. The molecule has 18 heavy (non-hydrogen) atoms. The van der Waals surface area contributed by atoms with Gasteiger partial charge in [-0.25, -0.2) is 4.98 Å². The highest BCUT2D eigenvalue weighted by Crippen LogP contribution is 2.24. The summed E-state index contributed by atoms with van der Waals surface area (Å²) in [6, 6.07) is 16.7. The zero-order valence-corrected chi connectivity index (χ0v) is 10.9. The molecule has 3 aromatic rings. The van der Waals surface area contributed by atoms with Gasteiger partial charge < -0.3 is 0 Å². The van der Waals surface area contributed by atoms with E-state index in [1.807, 2.05) is 18.2 Å². The first-order chi connectivity index (χ1) is 8.81. The van der Waals surface area contributed by atoms with E-state index in [1.165, 1.54) is 15.8 Å². The molecule has 3 rings (SSSR count). The minimum atomic E-state index is 1.06. The monoisotopic (exact) mass is 251 g/mol. The second-order valence-corrected chi connectivity index (χ2v) is 5.33. The highest BCUT2D eigenvalue weighted by molar-refractivity contribution is 7.19. The predicted molar refractivity (Wildman–Crippen MR) is 79.7 cm³/mol. The third-order valence-corrected chi connectivity index (χ3v) is 3.78. The number of hydrogen-bond donors (Lipinski definition) is 0. The Hall–Kier alpha value is -1.93. The number of hydrogen-bond acceptors (Lipinski definition) is 2. The molecule has 0 saturated carbocycles. The molecule has 2 heteroatoms. The first kappa shape index (κ1) is 11.2. The number of fused-ring (bicyclic) bond motifs is 1. The topological polar surface area (TPSA) is 12.9 Å². The number of rotatable bonds is 2. The summed E-state index contributed by atoms with van der Waals surface area (Å²) in [4.78, 5) is 4.62. The van der Waals surface area contributed by atoms with E-state index in [1.54, 1.807) is 11.3 Å². The Balaban J connectivity index is 1.93. The molecule has 2 aromatic carbocycles. The van der Waals surface area contributed by atoms with Crippen LogP contribution in [0.1, 0.15) is 16.1 Å². The summed E-state index contributed by atoms with van der Waals surface area (Å²) in [7, 11) is 0. The van der Waals surface area contributed by atoms with Crippen LogP contribution < -0.4 is 0 Å². The standard InChI is InChI=1S/C16H13NS/c1-12-7-9-15-14(11-12)17-16(18-15)10-8-13-5-3-2-4-6-13/h2-11H,1H3/b10-8+. The fourth-order valence-electron chi connectivity index (χ4n) is 1.86. The maximum atomic E-state index is 4.62. The van der Waals surface area contributed by atoms with Crippen molar-refractivity contribution in [3.8, 4) is 0 Å². The first-order valence-corrected chi connectivity index (χ1v) is 6.73. The van der Waals surface area contributed by atoms with Gasteiger partial charge in [-0.05, 0) is 36.3 Å². The van der Waals surface area contributed by atoms with Crippen LogP contribution in [0.25, 0.3) is 22.4 Å². The second-order valence-electron chi connectivity index (χ2n) is 4.27. The van der Waals surface area contributed by atoms with Crippen LogP contribution in [0.4, 0.5) is 0 Å².